The predicted molar refractivity (Wildman–Crippen MR) is 97.9 cm³/mol. The standard InChI is InChI=1S/C19H27N3O4/c1-4-26-16-9-7-14(8-10-16)18(24)20-12-17(23)22-11-5-6-15(13-22)19(25)21(2)3/h7-10,15H,4-6,11-13H2,1-3H3,(H,20,24). The van der Waals surface area contributed by atoms with Crippen LogP contribution in [0.1, 0.15) is 30.1 Å². The number of carbonyl (C=O) groups excluding carboxylic acids is 3. The van der Waals surface area contributed by atoms with Crippen LogP contribution in [0.4, 0.5) is 0 Å². The number of hydrogen-bond donors (Lipinski definition) is 1. The number of likely N-dealkylation sites (tertiary alicyclic amines) is 1. The molecule has 3 amide bonds. The molecule has 0 radical (unpaired) electrons. The number of rotatable bonds is 6. The molecular formula is C19H27N3O4. The Hall–Kier alpha value is -2.57. The number of amides is 3. The van der Waals surface area contributed by atoms with Crippen molar-refractivity contribution in [1.82, 2.24) is 15.1 Å². The molecule has 1 aromatic carbocycles. The Balaban J connectivity index is 1.85. The predicted octanol–water partition coefficient (Wildman–Crippen LogP) is 1.14. The number of nitrogens with zero attached hydrogens (tertiary/aromatic N) is 2. The first kappa shape index (κ1) is 19.8. The smallest absolute Gasteiger partial charge is 0.251 e. The van der Waals surface area contributed by atoms with Gasteiger partial charge in [-0.2, -0.15) is 0 Å². The summed E-state index contributed by atoms with van der Waals surface area (Å²) in [4.78, 5) is 39.9. The number of piperidine rings is 1. The normalized spacial score (nSPS) is 16.7. The molecule has 7 heteroatoms. The summed E-state index contributed by atoms with van der Waals surface area (Å²) in [6.45, 7) is 3.41. The van der Waals surface area contributed by atoms with Crippen molar-refractivity contribution in [2.45, 2.75) is 19.8 Å². The highest BCUT2D eigenvalue weighted by atomic mass is 16.5. The molecule has 0 aromatic heterocycles. The van der Waals surface area contributed by atoms with Gasteiger partial charge in [-0.15, -0.1) is 0 Å². The largest absolute Gasteiger partial charge is 0.494 e. The Kier molecular flexibility index (Phi) is 7.00. The van der Waals surface area contributed by atoms with Gasteiger partial charge in [0.1, 0.15) is 5.75 Å². The number of nitrogens with one attached hydrogen (secondary N) is 1. The van der Waals surface area contributed by atoms with Gasteiger partial charge in [0.25, 0.3) is 5.91 Å². The second kappa shape index (κ2) is 9.22. The Morgan fingerprint density at radius 1 is 1.23 bits per heavy atom. The average Bonchev–Trinajstić information content (AvgIpc) is 2.66. The third kappa shape index (κ3) is 5.21. The molecule has 0 aliphatic carbocycles. The van der Waals surface area contributed by atoms with Crippen molar-refractivity contribution in [1.29, 1.82) is 0 Å². The fourth-order valence-electron chi connectivity index (χ4n) is 3.01. The van der Waals surface area contributed by atoms with Crippen LogP contribution in [-0.4, -0.2) is 67.9 Å². The maximum absolute atomic E-state index is 12.4. The van der Waals surface area contributed by atoms with Crippen LogP contribution in [0.2, 0.25) is 0 Å². The third-order valence-corrected chi connectivity index (χ3v) is 4.39. The molecule has 0 spiro atoms. The lowest BCUT2D eigenvalue weighted by atomic mass is 9.96. The lowest BCUT2D eigenvalue weighted by molar-refractivity contribution is -0.138. The monoisotopic (exact) mass is 361 g/mol. The molecule has 1 atom stereocenters. The van der Waals surface area contributed by atoms with Gasteiger partial charge in [0.05, 0.1) is 19.1 Å². The van der Waals surface area contributed by atoms with Gasteiger partial charge in [-0.1, -0.05) is 0 Å². The highest BCUT2D eigenvalue weighted by Crippen LogP contribution is 2.18. The summed E-state index contributed by atoms with van der Waals surface area (Å²) >= 11 is 0. The molecule has 1 aliphatic heterocycles. The zero-order valence-electron chi connectivity index (χ0n) is 15.7. The fraction of sp³-hybridized carbons (Fsp3) is 0.526. The van der Waals surface area contributed by atoms with Crippen molar-refractivity contribution in [3.05, 3.63) is 29.8 Å². The Labute approximate surface area is 154 Å². The van der Waals surface area contributed by atoms with E-state index in [1.54, 1.807) is 48.2 Å². The zero-order valence-corrected chi connectivity index (χ0v) is 15.7. The summed E-state index contributed by atoms with van der Waals surface area (Å²) in [6, 6.07) is 6.78. The third-order valence-electron chi connectivity index (χ3n) is 4.39. The first-order chi connectivity index (χ1) is 12.4. The van der Waals surface area contributed by atoms with E-state index in [-0.39, 0.29) is 30.2 Å². The van der Waals surface area contributed by atoms with Crippen molar-refractivity contribution in [2.75, 3.05) is 40.3 Å². The molecule has 1 unspecified atom stereocenters. The lowest BCUT2D eigenvalue weighted by Crippen LogP contribution is -2.48. The second-order valence-electron chi connectivity index (χ2n) is 6.55. The minimum atomic E-state index is -0.306. The van der Waals surface area contributed by atoms with E-state index in [0.717, 1.165) is 12.8 Å². The van der Waals surface area contributed by atoms with Crippen molar-refractivity contribution in [3.8, 4) is 5.75 Å². The molecule has 1 aromatic rings. The number of ether oxygens (including phenoxy) is 1. The zero-order chi connectivity index (χ0) is 19.1. The Morgan fingerprint density at radius 3 is 2.54 bits per heavy atom. The summed E-state index contributed by atoms with van der Waals surface area (Å²) in [6.07, 6.45) is 1.59. The van der Waals surface area contributed by atoms with E-state index in [1.165, 1.54) is 0 Å². The van der Waals surface area contributed by atoms with Crippen molar-refractivity contribution in [3.63, 3.8) is 0 Å². The molecule has 0 saturated carbocycles. The van der Waals surface area contributed by atoms with E-state index >= 15 is 0 Å². The number of carbonyl (C=O) groups is 3. The number of hydrogen-bond acceptors (Lipinski definition) is 4. The van der Waals surface area contributed by atoms with Crippen LogP contribution in [0.25, 0.3) is 0 Å². The maximum atomic E-state index is 12.4. The Morgan fingerprint density at radius 2 is 1.92 bits per heavy atom. The molecule has 26 heavy (non-hydrogen) atoms. The first-order valence-electron chi connectivity index (χ1n) is 8.92. The second-order valence-corrected chi connectivity index (χ2v) is 6.55. The van der Waals surface area contributed by atoms with Crippen LogP contribution in [-0.2, 0) is 9.59 Å². The summed E-state index contributed by atoms with van der Waals surface area (Å²) in [5.74, 6) is 0.107. The van der Waals surface area contributed by atoms with Crippen LogP contribution in [0.15, 0.2) is 24.3 Å². The molecule has 1 fully saturated rings. The highest BCUT2D eigenvalue weighted by Gasteiger charge is 2.29. The van der Waals surface area contributed by atoms with Gasteiger partial charge in [0.2, 0.25) is 11.8 Å². The SMILES string of the molecule is CCOc1ccc(C(=O)NCC(=O)N2CCCC(C(=O)N(C)C)C2)cc1. The van der Waals surface area contributed by atoms with Gasteiger partial charge in [-0.05, 0) is 44.0 Å². The van der Waals surface area contributed by atoms with Gasteiger partial charge in [-0.25, -0.2) is 0 Å². The quantitative estimate of drug-likeness (QED) is 0.824. The minimum Gasteiger partial charge on any atom is -0.494 e. The summed E-state index contributed by atoms with van der Waals surface area (Å²) in [5, 5.41) is 2.65. The van der Waals surface area contributed by atoms with E-state index in [0.29, 0.717) is 31.0 Å². The Bertz CT molecular complexity index is 643. The van der Waals surface area contributed by atoms with Crippen LogP contribution in [0.3, 0.4) is 0 Å². The molecule has 142 valence electrons. The van der Waals surface area contributed by atoms with Gasteiger partial charge >= 0.3 is 0 Å². The van der Waals surface area contributed by atoms with E-state index in [9.17, 15) is 14.4 Å². The van der Waals surface area contributed by atoms with Gasteiger partial charge in [-0.3, -0.25) is 14.4 Å². The average molecular weight is 361 g/mol. The summed E-state index contributed by atoms with van der Waals surface area (Å²) in [7, 11) is 3.44. The van der Waals surface area contributed by atoms with E-state index in [1.807, 2.05) is 6.92 Å². The summed E-state index contributed by atoms with van der Waals surface area (Å²) in [5.41, 5.74) is 0.473. The van der Waals surface area contributed by atoms with Crippen molar-refractivity contribution in [2.24, 2.45) is 5.92 Å². The molecule has 2 rings (SSSR count). The van der Waals surface area contributed by atoms with Gasteiger partial charge in [0.15, 0.2) is 0 Å². The molecule has 0 bridgehead atoms. The van der Waals surface area contributed by atoms with Crippen LogP contribution in [0.5, 0.6) is 5.75 Å². The van der Waals surface area contributed by atoms with Crippen LogP contribution >= 0.6 is 0 Å². The van der Waals surface area contributed by atoms with Crippen molar-refractivity contribution < 1.29 is 19.1 Å². The molecule has 1 saturated heterocycles. The van der Waals surface area contributed by atoms with Gasteiger partial charge in [0, 0.05) is 32.7 Å². The van der Waals surface area contributed by atoms with E-state index in [2.05, 4.69) is 5.32 Å². The fourth-order valence-corrected chi connectivity index (χ4v) is 3.01. The lowest BCUT2D eigenvalue weighted by Gasteiger charge is -2.33. The molecule has 1 N–H and O–H groups in total. The van der Waals surface area contributed by atoms with Crippen LogP contribution < -0.4 is 10.1 Å². The first-order valence-corrected chi connectivity index (χ1v) is 8.92. The van der Waals surface area contributed by atoms with Crippen LogP contribution in [0, 0.1) is 5.92 Å². The molecule has 1 aliphatic rings. The highest BCUT2D eigenvalue weighted by molar-refractivity contribution is 5.96. The molecule has 1 heterocycles. The number of benzene rings is 1. The molecular weight excluding hydrogens is 334 g/mol. The topological polar surface area (TPSA) is 79.0 Å². The maximum Gasteiger partial charge on any atom is 0.251 e. The van der Waals surface area contributed by atoms with Crippen molar-refractivity contribution >= 4 is 17.7 Å². The van der Waals surface area contributed by atoms with Gasteiger partial charge < -0.3 is 19.9 Å². The minimum absolute atomic E-state index is 0.0425. The summed E-state index contributed by atoms with van der Waals surface area (Å²) < 4.78 is 5.34. The molecule has 7 nitrogen and oxygen atoms in total. The van der Waals surface area contributed by atoms with E-state index < -0.39 is 0 Å². The van der Waals surface area contributed by atoms with E-state index in [4.69, 9.17) is 4.74 Å².